The lowest BCUT2D eigenvalue weighted by Gasteiger charge is -2.30. The Bertz CT molecular complexity index is 360. The monoisotopic (exact) mass is 284 g/mol. The van der Waals surface area contributed by atoms with E-state index in [0.717, 1.165) is 25.9 Å². The Hall–Kier alpha value is -1.30. The molecule has 0 spiro atoms. The smallest absolute Gasteiger partial charge is 0.317 e. The highest BCUT2D eigenvalue weighted by Gasteiger charge is 2.42. The first-order chi connectivity index (χ1) is 9.56. The Kier molecular flexibility index (Phi) is 4.86. The van der Waals surface area contributed by atoms with Gasteiger partial charge in [-0.2, -0.15) is 0 Å². The fourth-order valence-corrected chi connectivity index (χ4v) is 2.71. The average Bonchev–Trinajstić information content (AvgIpc) is 3.23. The standard InChI is InChI=1S/C14H24N2O4/c1-20-9-6-14(4-5-14)10-15-13(19)16-7-2-11(3-8-16)12(17)18/h11H,2-10H2,1H3,(H,15,19)(H,17,18). The van der Waals surface area contributed by atoms with E-state index >= 15 is 0 Å². The number of piperidine rings is 1. The average molecular weight is 284 g/mol. The van der Waals surface area contributed by atoms with Crippen molar-refractivity contribution in [2.45, 2.75) is 32.1 Å². The molecular formula is C14H24N2O4. The summed E-state index contributed by atoms with van der Waals surface area (Å²) < 4.78 is 5.10. The molecule has 1 saturated heterocycles. The first-order valence-corrected chi connectivity index (χ1v) is 7.31. The van der Waals surface area contributed by atoms with Crippen LogP contribution < -0.4 is 5.32 Å². The molecule has 0 atom stereocenters. The van der Waals surface area contributed by atoms with Crippen molar-refractivity contribution in [1.82, 2.24) is 10.2 Å². The third kappa shape index (κ3) is 3.85. The summed E-state index contributed by atoms with van der Waals surface area (Å²) in [5.74, 6) is -1.04. The van der Waals surface area contributed by atoms with Crippen molar-refractivity contribution in [2.75, 3.05) is 33.4 Å². The van der Waals surface area contributed by atoms with E-state index in [4.69, 9.17) is 9.84 Å². The molecule has 0 unspecified atom stereocenters. The van der Waals surface area contributed by atoms with Crippen molar-refractivity contribution < 1.29 is 19.4 Å². The number of nitrogens with zero attached hydrogens (tertiary/aromatic N) is 1. The third-order valence-electron chi connectivity index (χ3n) is 4.54. The number of nitrogens with one attached hydrogen (secondary N) is 1. The van der Waals surface area contributed by atoms with Gasteiger partial charge in [-0.1, -0.05) is 0 Å². The summed E-state index contributed by atoms with van der Waals surface area (Å²) in [7, 11) is 1.70. The zero-order valence-electron chi connectivity index (χ0n) is 12.1. The number of amides is 2. The number of urea groups is 1. The maximum Gasteiger partial charge on any atom is 0.317 e. The van der Waals surface area contributed by atoms with Crippen molar-refractivity contribution in [1.29, 1.82) is 0 Å². The lowest BCUT2D eigenvalue weighted by Crippen LogP contribution is -2.46. The number of carbonyl (C=O) groups excluding carboxylic acids is 1. The summed E-state index contributed by atoms with van der Waals surface area (Å²) in [5, 5.41) is 11.9. The second-order valence-electron chi connectivity index (χ2n) is 6.00. The van der Waals surface area contributed by atoms with Crippen LogP contribution >= 0.6 is 0 Å². The van der Waals surface area contributed by atoms with Gasteiger partial charge in [0.25, 0.3) is 0 Å². The lowest BCUT2D eigenvalue weighted by molar-refractivity contribution is -0.143. The predicted molar refractivity (Wildman–Crippen MR) is 73.5 cm³/mol. The van der Waals surface area contributed by atoms with Gasteiger partial charge in [-0.3, -0.25) is 4.79 Å². The Balaban J connectivity index is 1.69. The fraction of sp³-hybridized carbons (Fsp3) is 0.857. The minimum atomic E-state index is -0.749. The molecule has 114 valence electrons. The summed E-state index contributed by atoms with van der Waals surface area (Å²) in [6.07, 6.45) is 4.40. The zero-order chi connectivity index (χ0) is 14.6. The van der Waals surface area contributed by atoms with Crippen LogP contribution in [0.5, 0.6) is 0 Å². The highest BCUT2D eigenvalue weighted by Crippen LogP contribution is 2.48. The number of aliphatic carboxylic acids is 1. The molecule has 0 aromatic heterocycles. The maximum atomic E-state index is 12.1. The number of rotatable bonds is 6. The molecule has 0 aromatic rings. The van der Waals surface area contributed by atoms with E-state index in [1.165, 1.54) is 0 Å². The normalized spacial score (nSPS) is 21.6. The highest BCUT2D eigenvalue weighted by molar-refractivity contribution is 5.75. The third-order valence-corrected chi connectivity index (χ3v) is 4.54. The Morgan fingerprint density at radius 2 is 2.00 bits per heavy atom. The van der Waals surface area contributed by atoms with E-state index in [1.807, 2.05) is 0 Å². The van der Waals surface area contributed by atoms with E-state index in [-0.39, 0.29) is 17.4 Å². The summed E-state index contributed by atoms with van der Waals surface area (Å²) in [6.45, 7) is 2.51. The molecule has 2 N–H and O–H groups in total. The van der Waals surface area contributed by atoms with Crippen LogP contribution in [-0.4, -0.2) is 55.4 Å². The lowest BCUT2D eigenvalue weighted by atomic mass is 9.97. The van der Waals surface area contributed by atoms with Gasteiger partial charge in [-0.25, -0.2) is 4.79 Å². The van der Waals surface area contributed by atoms with Crippen LogP contribution in [-0.2, 0) is 9.53 Å². The molecule has 2 fully saturated rings. The molecule has 2 amide bonds. The summed E-state index contributed by atoms with van der Waals surface area (Å²) in [5.41, 5.74) is 0.241. The van der Waals surface area contributed by atoms with Gasteiger partial charge in [0.2, 0.25) is 0 Å². The SMILES string of the molecule is COCCC1(CNC(=O)N2CCC(C(=O)O)CC2)CC1. The number of hydrogen-bond donors (Lipinski definition) is 2. The van der Waals surface area contributed by atoms with Crippen molar-refractivity contribution >= 4 is 12.0 Å². The van der Waals surface area contributed by atoms with Gasteiger partial charge in [0.15, 0.2) is 0 Å². The first-order valence-electron chi connectivity index (χ1n) is 7.31. The van der Waals surface area contributed by atoms with Crippen molar-refractivity contribution in [3.63, 3.8) is 0 Å². The number of likely N-dealkylation sites (tertiary alicyclic amines) is 1. The van der Waals surface area contributed by atoms with Crippen LogP contribution in [0.4, 0.5) is 4.79 Å². The van der Waals surface area contributed by atoms with Gasteiger partial charge < -0.3 is 20.1 Å². The van der Waals surface area contributed by atoms with Crippen LogP contribution in [0, 0.1) is 11.3 Å². The van der Waals surface area contributed by atoms with E-state index in [1.54, 1.807) is 12.0 Å². The Labute approximate surface area is 119 Å². The van der Waals surface area contributed by atoms with Crippen LogP contribution in [0.15, 0.2) is 0 Å². The van der Waals surface area contributed by atoms with Gasteiger partial charge >= 0.3 is 12.0 Å². The molecule has 6 heteroatoms. The number of hydrogen-bond acceptors (Lipinski definition) is 3. The summed E-state index contributed by atoms with van der Waals surface area (Å²) in [6, 6.07) is -0.0578. The molecule has 0 radical (unpaired) electrons. The molecular weight excluding hydrogens is 260 g/mol. The molecule has 0 aromatic carbocycles. The Morgan fingerprint density at radius 1 is 1.35 bits per heavy atom. The number of carboxylic acid groups (broad SMARTS) is 1. The molecule has 2 rings (SSSR count). The maximum absolute atomic E-state index is 12.1. The molecule has 1 aliphatic heterocycles. The van der Waals surface area contributed by atoms with E-state index in [2.05, 4.69) is 5.32 Å². The number of methoxy groups -OCH3 is 1. The minimum Gasteiger partial charge on any atom is -0.481 e. The Morgan fingerprint density at radius 3 is 2.50 bits per heavy atom. The minimum absolute atomic E-state index is 0.0578. The van der Waals surface area contributed by atoms with E-state index in [9.17, 15) is 9.59 Å². The zero-order valence-corrected chi connectivity index (χ0v) is 12.1. The second-order valence-corrected chi connectivity index (χ2v) is 6.00. The first kappa shape index (κ1) is 15.1. The number of carbonyl (C=O) groups is 2. The van der Waals surface area contributed by atoms with Crippen molar-refractivity contribution in [3.05, 3.63) is 0 Å². The van der Waals surface area contributed by atoms with Gasteiger partial charge in [-0.15, -0.1) is 0 Å². The molecule has 0 bridgehead atoms. The number of carboxylic acids is 1. The van der Waals surface area contributed by atoms with E-state index in [0.29, 0.717) is 32.5 Å². The summed E-state index contributed by atoms with van der Waals surface area (Å²) in [4.78, 5) is 24.7. The van der Waals surface area contributed by atoms with Gasteiger partial charge in [-0.05, 0) is 37.5 Å². The molecule has 2 aliphatic rings. The van der Waals surface area contributed by atoms with E-state index < -0.39 is 5.97 Å². The molecule has 20 heavy (non-hydrogen) atoms. The summed E-state index contributed by atoms with van der Waals surface area (Å²) >= 11 is 0. The van der Waals surface area contributed by atoms with Crippen LogP contribution in [0.2, 0.25) is 0 Å². The topological polar surface area (TPSA) is 78.9 Å². The van der Waals surface area contributed by atoms with Crippen LogP contribution in [0.3, 0.4) is 0 Å². The highest BCUT2D eigenvalue weighted by atomic mass is 16.5. The predicted octanol–water partition coefficient (Wildman–Crippen LogP) is 1.31. The molecule has 1 saturated carbocycles. The van der Waals surface area contributed by atoms with Crippen LogP contribution in [0.25, 0.3) is 0 Å². The fourth-order valence-electron chi connectivity index (χ4n) is 2.71. The molecule has 1 heterocycles. The van der Waals surface area contributed by atoms with Crippen molar-refractivity contribution in [3.8, 4) is 0 Å². The van der Waals surface area contributed by atoms with Gasteiger partial charge in [0.1, 0.15) is 0 Å². The van der Waals surface area contributed by atoms with Gasteiger partial charge in [0.05, 0.1) is 5.92 Å². The molecule has 1 aliphatic carbocycles. The number of ether oxygens (including phenoxy) is 1. The van der Waals surface area contributed by atoms with Crippen molar-refractivity contribution in [2.24, 2.45) is 11.3 Å². The second kappa shape index (κ2) is 6.43. The van der Waals surface area contributed by atoms with Gasteiger partial charge in [0, 0.05) is 33.4 Å². The molecule has 6 nitrogen and oxygen atoms in total. The van der Waals surface area contributed by atoms with Crippen LogP contribution in [0.1, 0.15) is 32.1 Å². The quantitative estimate of drug-likeness (QED) is 0.771. The largest absolute Gasteiger partial charge is 0.481 e.